The van der Waals surface area contributed by atoms with Crippen molar-refractivity contribution in [1.29, 1.82) is 0 Å². The molecule has 0 radical (unpaired) electrons. The normalized spacial score (nSPS) is 10.9. The van der Waals surface area contributed by atoms with Gasteiger partial charge in [-0.1, -0.05) is 58.4 Å². The molecule has 2 aromatic heterocycles. The molecule has 0 saturated carbocycles. The van der Waals surface area contributed by atoms with Gasteiger partial charge < -0.3 is 10.3 Å². The lowest BCUT2D eigenvalue weighted by atomic mass is 10.1. The van der Waals surface area contributed by atoms with Gasteiger partial charge in [-0.2, -0.15) is 0 Å². The minimum Gasteiger partial charge on any atom is -0.365 e. The van der Waals surface area contributed by atoms with Crippen molar-refractivity contribution in [2.45, 2.75) is 6.54 Å². The van der Waals surface area contributed by atoms with E-state index in [4.69, 9.17) is 0 Å². The summed E-state index contributed by atoms with van der Waals surface area (Å²) in [5, 5.41) is 4.39. The molecule has 2 heterocycles. The van der Waals surface area contributed by atoms with E-state index in [-0.39, 0.29) is 0 Å². The second-order valence-electron chi connectivity index (χ2n) is 5.51. The number of rotatable bonds is 4. The van der Waals surface area contributed by atoms with Crippen LogP contribution in [0.3, 0.4) is 0 Å². The minimum absolute atomic E-state index is 0.728. The number of halogens is 1. The molecule has 0 fully saturated rings. The zero-order chi connectivity index (χ0) is 16.4. The van der Waals surface area contributed by atoms with Gasteiger partial charge in [-0.15, -0.1) is 0 Å². The number of hydrogen-bond donors (Lipinski definition) is 2. The second-order valence-corrected chi connectivity index (χ2v) is 6.43. The van der Waals surface area contributed by atoms with Gasteiger partial charge in [0.05, 0.1) is 5.39 Å². The van der Waals surface area contributed by atoms with Crippen LogP contribution >= 0.6 is 15.9 Å². The topological polar surface area (TPSA) is 53.6 Å². The second kappa shape index (κ2) is 6.45. The molecule has 0 spiro atoms. The molecule has 2 N–H and O–H groups in total. The molecule has 4 aromatic rings. The van der Waals surface area contributed by atoms with Gasteiger partial charge >= 0.3 is 0 Å². The Morgan fingerprint density at radius 2 is 1.75 bits per heavy atom. The lowest BCUT2D eigenvalue weighted by molar-refractivity contribution is 1.10. The highest BCUT2D eigenvalue weighted by molar-refractivity contribution is 9.10. The Kier molecular flexibility index (Phi) is 4.01. The van der Waals surface area contributed by atoms with E-state index in [0.29, 0.717) is 0 Å². The van der Waals surface area contributed by atoms with Crippen molar-refractivity contribution in [2.75, 3.05) is 5.32 Å². The first-order valence-electron chi connectivity index (χ1n) is 7.67. The summed E-state index contributed by atoms with van der Waals surface area (Å²) in [5.41, 5.74) is 4.19. The molecule has 0 bridgehead atoms. The molecule has 0 saturated heterocycles. The highest BCUT2D eigenvalue weighted by atomic mass is 79.9. The Morgan fingerprint density at radius 1 is 0.958 bits per heavy atom. The van der Waals surface area contributed by atoms with Crippen molar-refractivity contribution in [2.24, 2.45) is 0 Å². The maximum atomic E-state index is 4.39. The van der Waals surface area contributed by atoms with Gasteiger partial charge in [-0.3, -0.25) is 0 Å². The fourth-order valence-corrected chi connectivity index (χ4v) is 2.91. The summed E-state index contributed by atoms with van der Waals surface area (Å²) in [5.74, 6) is 0.837. The van der Waals surface area contributed by atoms with E-state index in [1.807, 2.05) is 30.3 Å². The number of anilines is 1. The highest BCUT2D eigenvalue weighted by Crippen LogP contribution is 2.27. The predicted molar refractivity (Wildman–Crippen MR) is 101 cm³/mol. The van der Waals surface area contributed by atoms with Gasteiger partial charge in [0.2, 0.25) is 0 Å². The number of aromatic nitrogens is 3. The number of nitrogens with zero attached hydrogens (tertiary/aromatic N) is 2. The summed E-state index contributed by atoms with van der Waals surface area (Å²) in [6, 6.07) is 20.6. The molecule has 0 aliphatic carbocycles. The van der Waals surface area contributed by atoms with Gasteiger partial charge in [0.25, 0.3) is 0 Å². The van der Waals surface area contributed by atoms with Crippen LogP contribution < -0.4 is 5.32 Å². The lowest BCUT2D eigenvalue weighted by Crippen LogP contribution is -2.01. The molecule has 4 nitrogen and oxygen atoms in total. The van der Waals surface area contributed by atoms with Crippen LogP contribution in [0.25, 0.3) is 22.3 Å². The SMILES string of the molecule is Brc1ccc(-c2cc3c(NCc4ccccc4)ncnc3[nH]2)cc1. The number of aromatic amines is 1. The molecule has 118 valence electrons. The van der Waals surface area contributed by atoms with Gasteiger partial charge in [0.1, 0.15) is 17.8 Å². The molecule has 4 rings (SSSR count). The van der Waals surface area contributed by atoms with E-state index in [2.05, 4.69) is 66.5 Å². The van der Waals surface area contributed by atoms with Crippen LogP contribution in [0.1, 0.15) is 5.56 Å². The average molecular weight is 379 g/mol. The van der Waals surface area contributed by atoms with Crippen molar-refractivity contribution >= 4 is 32.8 Å². The van der Waals surface area contributed by atoms with E-state index in [1.165, 1.54) is 5.56 Å². The molecule has 24 heavy (non-hydrogen) atoms. The first kappa shape index (κ1) is 14.9. The van der Waals surface area contributed by atoms with Gasteiger partial charge in [0.15, 0.2) is 0 Å². The van der Waals surface area contributed by atoms with E-state index in [9.17, 15) is 0 Å². The molecule has 5 heteroatoms. The molecule has 0 aliphatic rings. The maximum Gasteiger partial charge on any atom is 0.143 e. The largest absolute Gasteiger partial charge is 0.365 e. The quantitative estimate of drug-likeness (QED) is 0.525. The number of fused-ring (bicyclic) bond motifs is 1. The third-order valence-corrected chi connectivity index (χ3v) is 4.41. The number of nitrogens with one attached hydrogen (secondary N) is 2. The van der Waals surface area contributed by atoms with Crippen molar-refractivity contribution in [3.05, 3.63) is 77.0 Å². The molecular formula is C19H15BrN4. The highest BCUT2D eigenvalue weighted by Gasteiger charge is 2.09. The fraction of sp³-hybridized carbons (Fsp3) is 0.0526. The Labute approximate surface area is 148 Å². The number of H-pyrrole nitrogens is 1. The summed E-state index contributed by atoms with van der Waals surface area (Å²) in [6.45, 7) is 0.728. The number of hydrogen-bond acceptors (Lipinski definition) is 3. The first-order valence-corrected chi connectivity index (χ1v) is 8.46. The van der Waals surface area contributed by atoms with Crippen molar-refractivity contribution in [1.82, 2.24) is 15.0 Å². The van der Waals surface area contributed by atoms with Gasteiger partial charge in [-0.25, -0.2) is 9.97 Å². The van der Waals surface area contributed by atoms with Crippen molar-refractivity contribution < 1.29 is 0 Å². The molecule has 0 unspecified atom stereocenters. The smallest absolute Gasteiger partial charge is 0.143 e. The first-order chi connectivity index (χ1) is 11.8. The summed E-state index contributed by atoms with van der Waals surface area (Å²) in [7, 11) is 0. The molecule has 0 atom stereocenters. The summed E-state index contributed by atoms with van der Waals surface area (Å²) in [6.07, 6.45) is 1.58. The Hall–Kier alpha value is -2.66. The Bertz CT molecular complexity index is 962. The van der Waals surface area contributed by atoms with Gasteiger partial charge in [-0.05, 0) is 29.3 Å². The van der Waals surface area contributed by atoms with Crippen LogP contribution in [-0.4, -0.2) is 15.0 Å². The molecular weight excluding hydrogens is 364 g/mol. The third kappa shape index (κ3) is 3.03. The standard InChI is InChI=1S/C19H15BrN4/c20-15-8-6-14(7-9-15)17-10-16-18(22-12-23-19(16)24-17)21-11-13-4-2-1-3-5-13/h1-10,12H,11H2,(H2,21,22,23,24). The summed E-state index contributed by atoms with van der Waals surface area (Å²) in [4.78, 5) is 12.1. The average Bonchev–Trinajstić information content (AvgIpc) is 3.06. The Balaban J connectivity index is 1.66. The van der Waals surface area contributed by atoms with E-state index in [0.717, 1.165) is 39.1 Å². The van der Waals surface area contributed by atoms with E-state index >= 15 is 0 Å². The van der Waals surface area contributed by atoms with Gasteiger partial charge in [0, 0.05) is 16.7 Å². The van der Waals surface area contributed by atoms with Crippen LogP contribution in [-0.2, 0) is 6.54 Å². The number of benzene rings is 2. The predicted octanol–water partition coefficient (Wildman–Crippen LogP) is 5.00. The van der Waals surface area contributed by atoms with E-state index < -0.39 is 0 Å². The van der Waals surface area contributed by atoms with Crippen LogP contribution in [0.2, 0.25) is 0 Å². The molecule has 2 aromatic carbocycles. The lowest BCUT2D eigenvalue weighted by Gasteiger charge is -2.06. The maximum absolute atomic E-state index is 4.39. The van der Waals surface area contributed by atoms with Crippen LogP contribution in [0.4, 0.5) is 5.82 Å². The summed E-state index contributed by atoms with van der Waals surface area (Å²) < 4.78 is 1.06. The third-order valence-electron chi connectivity index (χ3n) is 3.88. The zero-order valence-corrected chi connectivity index (χ0v) is 14.4. The summed E-state index contributed by atoms with van der Waals surface area (Å²) >= 11 is 3.46. The van der Waals surface area contributed by atoms with E-state index in [1.54, 1.807) is 6.33 Å². The molecule has 0 aliphatic heterocycles. The van der Waals surface area contributed by atoms with Crippen LogP contribution in [0.15, 0.2) is 71.5 Å². The van der Waals surface area contributed by atoms with Crippen LogP contribution in [0.5, 0.6) is 0 Å². The Morgan fingerprint density at radius 3 is 2.54 bits per heavy atom. The monoisotopic (exact) mass is 378 g/mol. The van der Waals surface area contributed by atoms with Crippen molar-refractivity contribution in [3.8, 4) is 11.3 Å². The minimum atomic E-state index is 0.728. The zero-order valence-electron chi connectivity index (χ0n) is 12.8. The fourth-order valence-electron chi connectivity index (χ4n) is 2.65. The molecule has 0 amide bonds. The van der Waals surface area contributed by atoms with Crippen LogP contribution in [0, 0.1) is 0 Å². The van der Waals surface area contributed by atoms with Crippen molar-refractivity contribution in [3.63, 3.8) is 0 Å².